The maximum absolute atomic E-state index is 10.9. The van der Waals surface area contributed by atoms with Crippen molar-refractivity contribution in [3.63, 3.8) is 0 Å². The average molecular weight is 299 g/mol. The summed E-state index contributed by atoms with van der Waals surface area (Å²) in [6.07, 6.45) is 5.12. The Morgan fingerprint density at radius 2 is 2.00 bits per heavy atom. The topological polar surface area (TPSA) is 57.5 Å². The fourth-order valence-corrected chi connectivity index (χ4v) is 2.98. The number of carboxylic acids is 1. The number of phenolic OH excluding ortho intramolecular Hbond substituents is 1. The number of phenols is 1. The van der Waals surface area contributed by atoms with Crippen molar-refractivity contribution in [3.8, 4) is 5.75 Å². The molecule has 17 heavy (non-hydrogen) atoms. The van der Waals surface area contributed by atoms with Crippen molar-refractivity contribution >= 4 is 21.9 Å². The van der Waals surface area contributed by atoms with Crippen LogP contribution in [0, 0.1) is 0 Å². The molecule has 0 radical (unpaired) electrons. The van der Waals surface area contributed by atoms with Crippen molar-refractivity contribution in [1.29, 1.82) is 0 Å². The third-order valence-electron chi connectivity index (χ3n) is 3.27. The van der Waals surface area contributed by atoms with Crippen LogP contribution in [-0.4, -0.2) is 16.2 Å². The predicted molar refractivity (Wildman–Crippen MR) is 68.4 cm³/mol. The van der Waals surface area contributed by atoms with E-state index in [1.807, 2.05) is 6.07 Å². The zero-order valence-corrected chi connectivity index (χ0v) is 11.1. The van der Waals surface area contributed by atoms with Crippen LogP contribution in [0.1, 0.15) is 36.0 Å². The smallest absolute Gasteiger partial charge is 0.307 e. The minimum atomic E-state index is -0.898. The quantitative estimate of drug-likeness (QED) is 0.825. The van der Waals surface area contributed by atoms with Gasteiger partial charge in [0, 0.05) is 5.56 Å². The van der Waals surface area contributed by atoms with Gasteiger partial charge in [-0.15, -0.1) is 0 Å². The van der Waals surface area contributed by atoms with Crippen LogP contribution in [0.5, 0.6) is 5.75 Å². The Kier molecular flexibility index (Phi) is 3.72. The van der Waals surface area contributed by atoms with E-state index < -0.39 is 5.97 Å². The van der Waals surface area contributed by atoms with E-state index in [4.69, 9.17) is 5.11 Å². The number of hydrogen-bond donors (Lipinski definition) is 2. The lowest BCUT2D eigenvalue weighted by Gasteiger charge is -2.14. The predicted octanol–water partition coefficient (Wildman–Crippen LogP) is 3.05. The highest BCUT2D eigenvalue weighted by Crippen LogP contribution is 2.36. The van der Waals surface area contributed by atoms with Crippen LogP contribution in [0.2, 0.25) is 0 Å². The minimum Gasteiger partial charge on any atom is -0.506 e. The molecule has 0 atom stereocenters. The second-order valence-electron chi connectivity index (χ2n) is 4.45. The third kappa shape index (κ3) is 2.63. The molecule has 4 heteroatoms. The largest absolute Gasteiger partial charge is 0.506 e. The summed E-state index contributed by atoms with van der Waals surface area (Å²) in [6, 6.07) is 1.93. The summed E-state index contributed by atoms with van der Waals surface area (Å²) >= 11 is 3.30. The van der Waals surface area contributed by atoms with E-state index in [1.54, 1.807) is 0 Å². The molecule has 1 aliphatic carbocycles. The molecule has 0 fully saturated rings. The Hall–Kier alpha value is -1.03. The van der Waals surface area contributed by atoms with Crippen LogP contribution in [0.3, 0.4) is 0 Å². The minimum absolute atomic E-state index is 0.0908. The maximum atomic E-state index is 10.9. The normalized spacial score (nSPS) is 15.1. The van der Waals surface area contributed by atoms with Crippen molar-refractivity contribution < 1.29 is 15.0 Å². The van der Waals surface area contributed by atoms with E-state index in [1.165, 1.54) is 12.0 Å². The standard InChI is InChI=1S/C13H15BrO3/c14-11-6-8-4-2-1-3-5-9(8)10(13(11)17)7-12(15)16/h6,17H,1-5,7H2,(H,15,16). The lowest BCUT2D eigenvalue weighted by Crippen LogP contribution is -2.06. The summed E-state index contributed by atoms with van der Waals surface area (Å²) in [7, 11) is 0. The number of carbonyl (C=O) groups is 1. The van der Waals surface area contributed by atoms with Crippen molar-refractivity contribution in [2.45, 2.75) is 38.5 Å². The molecule has 92 valence electrons. The van der Waals surface area contributed by atoms with Crippen LogP contribution in [0.25, 0.3) is 0 Å². The van der Waals surface area contributed by atoms with Gasteiger partial charge in [-0.2, -0.15) is 0 Å². The molecule has 0 saturated heterocycles. The fourth-order valence-electron chi connectivity index (χ4n) is 2.46. The Morgan fingerprint density at radius 1 is 1.29 bits per heavy atom. The summed E-state index contributed by atoms with van der Waals surface area (Å²) in [5.41, 5.74) is 2.82. The Labute approximate surface area is 109 Å². The molecule has 0 bridgehead atoms. The van der Waals surface area contributed by atoms with Crippen LogP contribution >= 0.6 is 15.9 Å². The molecule has 0 aliphatic heterocycles. The molecule has 0 unspecified atom stereocenters. The number of rotatable bonds is 2. The number of hydrogen-bond acceptors (Lipinski definition) is 2. The Balaban J connectivity index is 2.53. The van der Waals surface area contributed by atoms with Crippen LogP contribution in [0.4, 0.5) is 0 Å². The molecule has 2 N–H and O–H groups in total. The van der Waals surface area contributed by atoms with Gasteiger partial charge in [0.1, 0.15) is 5.75 Å². The Morgan fingerprint density at radius 3 is 2.71 bits per heavy atom. The molecule has 0 spiro atoms. The number of aryl methyl sites for hydroxylation is 1. The van der Waals surface area contributed by atoms with Gasteiger partial charge in [0.2, 0.25) is 0 Å². The number of benzene rings is 1. The lowest BCUT2D eigenvalue weighted by molar-refractivity contribution is -0.136. The highest BCUT2D eigenvalue weighted by Gasteiger charge is 2.19. The van der Waals surface area contributed by atoms with Gasteiger partial charge in [-0.05, 0) is 58.8 Å². The number of aromatic hydroxyl groups is 1. The number of carboxylic acid groups (broad SMARTS) is 1. The first-order valence-electron chi connectivity index (χ1n) is 5.83. The van der Waals surface area contributed by atoms with Gasteiger partial charge in [0.05, 0.1) is 10.9 Å². The molecular weight excluding hydrogens is 284 g/mol. The molecule has 3 nitrogen and oxygen atoms in total. The Bertz CT molecular complexity index is 454. The summed E-state index contributed by atoms with van der Waals surface area (Å²) in [5.74, 6) is -0.808. The first kappa shape index (κ1) is 12.4. The molecule has 0 aromatic heterocycles. The van der Waals surface area contributed by atoms with Crippen molar-refractivity contribution in [2.75, 3.05) is 0 Å². The van der Waals surface area contributed by atoms with Gasteiger partial charge in [-0.3, -0.25) is 4.79 Å². The molecule has 0 heterocycles. The van der Waals surface area contributed by atoms with E-state index in [0.29, 0.717) is 10.0 Å². The highest BCUT2D eigenvalue weighted by atomic mass is 79.9. The second-order valence-corrected chi connectivity index (χ2v) is 5.31. The summed E-state index contributed by atoms with van der Waals surface area (Å²) < 4.78 is 0.606. The van der Waals surface area contributed by atoms with Gasteiger partial charge in [-0.1, -0.05) is 6.42 Å². The van der Waals surface area contributed by atoms with Gasteiger partial charge < -0.3 is 10.2 Å². The molecule has 1 aromatic carbocycles. The molecular formula is C13H15BrO3. The highest BCUT2D eigenvalue weighted by molar-refractivity contribution is 9.10. The molecule has 1 aliphatic rings. The fraction of sp³-hybridized carbons (Fsp3) is 0.462. The van der Waals surface area contributed by atoms with Gasteiger partial charge in [0.15, 0.2) is 0 Å². The third-order valence-corrected chi connectivity index (χ3v) is 3.87. The molecule has 1 aromatic rings. The monoisotopic (exact) mass is 298 g/mol. The maximum Gasteiger partial charge on any atom is 0.307 e. The van der Waals surface area contributed by atoms with Crippen molar-refractivity contribution in [2.24, 2.45) is 0 Å². The number of fused-ring (bicyclic) bond motifs is 1. The summed E-state index contributed by atoms with van der Waals surface area (Å²) in [6.45, 7) is 0. The zero-order valence-electron chi connectivity index (χ0n) is 9.50. The zero-order chi connectivity index (χ0) is 12.4. The van der Waals surface area contributed by atoms with Crippen LogP contribution < -0.4 is 0 Å². The van der Waals surface area contributed by atoms with Gasteiger partial charge in [-0.25, -0.2) is 0 Å². The average Bonchev–Trinajstić information content (AvgIpc) is 2.49. The summed E-state index contributed by atoms with van der Waals surface area (Å²) in [5, 5.41) is 18.9. The van der Waals surface area contributed by atoms with E-state index in [2.05, 4.69) is 15.9 Å². The van der Waals surface area contributed by atoms with Gasteiger partial charge >= 0.3 is 5.97 Å². The first-order chi connectivity index (χ1) is 8.09. The number of halogens is 1. The number of aliphatic carboxylic acids is 1. The summed E-state index contributed by atoms with van der Waals surface area (Å²) in [4.78, 5) is 10.9. The van der Waals surface area contributed by atoms with Crippen molar-refractivity contribution in [3.05, 3.63) is 27.2 Å². The van der Waals surface area contributed by atoms with Gasteiger partial charge in [0.25, 0.3) is 0 Å². The van der Waals surface area contributed by atoms with E-state index in [0.717, 1.165) is 31.2 Å². The van der Waals surface area contributed by atoms with Crippen molar-refractivity contribution in [1.82, 2.24) is 0 Å². The SMILES string of the molecule is O=C(O)Cc1c(O)c(Br)cc2c1CCCCC2. The van der Waals surface area contributed by atoms with Crippen LogP contribution in [0.15, 0.2) is 10.5 Å². The van der Waals surface area contributed by atoms with E-state index in [-0.39, 0.29) is 12.2 Å². The molecule has 0 saturated carbocycles. The lowest BCUT2D eigenvalue weighted by atomic mass is 9.94. The first-order valence-corrected chi connectivity index (χ1v) is 6.62. The van der Waals surface area contributed by atoms with Crippen LogP contribution in [-0.2, 0) is 24.1 Å². The van der Waals surface area contributed by atoms with E-state index >= 15 is 0 Å². The second kappa shape index (κ2) is 5.08. The van der Waals surface area contributed by atoms with E-state index in [9.17, 15) is 9.90 Å². The molecule has 0 amide bonds. The molecule has 2 rings (SSSR count).